The highest BCUT2D eigenvalue weighted by Crippen LogP contribution is 2.32. The lowest BCUT2D eigenvalue weighted by Gasteiger charge is -2.22. The van der Waals surface area contributed by atoms with Crippen LogP contribution in [0.1, 0.15) is 40.0 Å². The first-order valence-electron chi connectivity index (χ1n) is 5.26. The second-order valence-corrected chi connectivity index (χ2v) is 5.09. The fourth-order valence-corrected chi connectivity index (χ4v) is 1.84. The lowest BCUT2D eigenvalue weighted by Crippen LogP contribution is -2.27. The molecule has 1 N–H and O–H groups in total. The van der Waals surface area contributed by atoms with Crippen LogP contribution in [0, 0.1) is 11.8 Å². The average Bonchev–Trinajstić information content (AvgIpc) is 2.48. The van der Waals surface area contributed by atoms with Gasteiger partial charge in [0.15, 0.2) is 0 Å². The van der Waals surface area contributed by atoms with Gasteiger partial charge in [0.1, 0.15) is 5.60 Å². The number of esters is 1. The van der Waals surface area contributed by atoms with Crippen LogP contribution in [0.5, 0.6) is 0 Å². The van der Waals surface area contributed by atoms with Gasteiger partial charge in [-0.3, -0.25) is 4.79 Å². The molecular weight excluding hydrogens is 180 g/mol. The summed E-state index contributed by atoms with van der Waals surface area (Å²) in [6.07, 6.45) is 2.59. The molecular formula is C11H20O3. The molecule has 0 aromatic carbocycles. The first-order valence-corrected chi connectivity index (χ1v) is 5.26. The molecule has 0 saturated heterocycles. The number of ether oxygens (including phenoxy) is 1. The fourth-order valence-electron chi connectivity index (χ4n) is 1.84. The van der Waals surface area contributed by atoms with Gasteiger partial charge in [0.2, 0.25) is 0 Å². The van der Waals surface area contributed by atoms with E-state index in [1.54, 1.807) is 0 Å². The van der Waals surface area contributed by atoms with Crippen molar-refractivity contribution in [1.82, 2.24) is 0 Å². The molecule has 0 radical (unpaired) electrons. The summed E-state index contributed by atoms with van der Waals surface area (Å²) in [4.78, 5) is 11.6. The molecule has 1 aliphatic carbocycles. The Morgan fingerprint density at radius 1 is 1.43 bits per heavy atom. The Hall–Kier alpha value is -0.570. The molecule has 2 atom stereocenters. The van der Waals surface area contributed by atoms with Crippen molar-refractivity contribution in [3.63, 3.8) is 0 Å². The first-order chi connectivity index (χ1) is 6.42. The Labute approximate surface area is 85.5 Å². The molecule has 0 heterocycles. The van der Waals surface area contributed by atoms with Crippen LogP contribution in [-0.2, 0) is 9.53 Å². The van der Waals surface area contributed by atoms with E-state index in [4.69, 9.17) is 9.84 Å². The molecule has 0 amide bonds. The molecule has 0 bridgehead atoms. The van der Waals surface area contributed by atoms with E-state index in [9.17, 15) is 4.79 Å². The van der Waals surface area contributed by atoms with Crippen LogP contribution in [0.25, 0.3) is 0 Å². The molecule has 0 aromatic heterocycles. The topological polar surface area (TPSA) is 46.5 Å². The summed E-state index contributed by atoms with van der Waals surface area (Å²) in [6.45, 7) is 5.83. The summed E-state index contributed by atoms with van der Waals surface area (Å²) >= 11 is 0. The van der Waals surface area contributed by atoms with Gasteiger partial charge in [-0.1, -0.05) is 0 Å². The Morgan fingerprint density at radius 2 is 2.07 bits per heavy atom. The summed E-state index contributed by atoms with van der Waals surface area (Å²) in [5.41, 5.74) is -0.394. The maximum absolute atomic E-state index is 11.6. The molecule has 3 nitrogen and oxygen atoms in total. The lowest BCUT2D eigenvalue weighted by atomic mass is 10.1. The highest BCUT2D eigenvalue weighted by Gasteiger charge is 2.32. The van der Waals surface area contributed by atoms with E-state index in [0.717, 1.165) is 19.3 Å². The van der Waals surface area contributed by atoms with Crippen LogP contribution in [0.15, 0.2) is 0 Å². The zero-order chi connectivity index (χ0) is 10.8. The molecule has 0 unspecified atom stereocenters. The Bertz CT molecular complexity index is 205. The van der Waals surface area contributed by atoms with Gasteiger partial charge in [-0.05, 0) is 46.0 Å². The Morgan fingerprint density at radius 3 is 2.50 bits per heavy atom. The van der Waals surface area contributed by atoms with E-state index < -0.39 is 5.60 Å². The van der Waals surface area contributed by atoms with Crippen molar-refractivity contribution in [3.8, 4) is 0 Å². The van der Waals surface area contributed by atoms with Gasteiger partial charge < -0.3 is 9.84 Å². The van der Waals surface area contributed by atoms with Gasteiger partial charge in [0.05, 0.1) is 5.92 Å². The SMILES string of the molecule is CC(C)(C)OC(=O)[C@@H]1CC[C@@H](CO)C1. The summed E-state index contributed by atoms with van der Waals surface area (Å²) in [6, 6.07) is 0. The Balaban J connectivity index is 2.40. The smallest absolute Gasteiger partial charge is 0.309 e. The number of carbonyl (C=O) groups excluding carboxylic acids is 1. The highest BCUT2D eigenvalue weighted by molar-refractivity contribution is 5.73. The minimum atomic E-state index is -0.394. The monoisotopic (exact) mass is 200 g/mol. The van der Waals surface area contributed by atoms with Crippen LogP contribution < -0.4 is 0 Å². The van der Waals surface area contributed by atoms with E-state index in [0.29, 0.717) is 5.92 Å². The predicted octanol–water partition coefficient (Wildman–Crippen LogP) is 1.74. The van der Waals surface area contributed by atoms with Gasteiger partial charge in [0.25, 0.3) is 0 Å². The Kier molecular flexibility index (Phi) is 3.53. The van der Waals surface area contributed by atoms with Crippen LogP contribution in [0.2, 0.25) is 0 Å². The summed E-state index contributed by atoms with van der Waals surface area (Å²) in [5, 5.41) is 8.95. The van der Waals surface area contributed by atoms with Crippen molar-refractivity contribution in [2.24, 2.45) is 11.8 Å². The molecule has 0 aromatic rings. The van der Waals surface area contributed by atoms with Crippen molar-refractivity contribution in [3.05, 3.63) is 0 Å². The van der Waals surface area contributed by atoms with Gasteiger partial charge in [-0.15, -0.1) is 0 Å². The quantitative estimate of drug-likeness (QED) is 0.691. The molecule has 1 saturated carbocycles. The van der Waals surface area contributed by atoms with E-state index in [2.05, 4.69) is 0 Å². The molecule has 1 fully saturated rings. The van der Waals surface area contributed by atoms with Gasteiger partial charge in [0, 0.05) is 6.61 Å². The molecule has 0 aliphatic heterocycles. The van der Waals surface area contributed by atoms with Crippen LogP contribution >= 0.6 is 0 Å². The van der Waals surface area contributed by atoms with Gasteiger partial charge >= 0.3 is 5.97 Å². The summed E-state index contributed by atoms with van der Waals surface area (Å²) in [5.74, 6) is 0.201. The largest absolute Gasteiger partial charge is 0.460 e. The second-order valence-electron chi connectivity index (χ2n) is 5.09. The van der Waals surface area contributed by atoms with E-state index in [1.807, 2.05) is 20.8 Å². The van der Waals surface area contributed by atoms with Gasteiger partial charge in [-0.25, -0.2) is 0 Å². The van der Waals surface area contributed by atoms with Crippen molar-refractivity contribution < 1.29 is 14.6 Å². The van der Waals surface area contributed by atoms with E-state index in [1.165, 1.54) is 0 Å². The minimum absolute atomic E-state index is 0.00590. The standard InChI is InChI=1S/C11H20O3/c1-11(2,3)14-10(13)9-5-4-8(6-9)7-12/h8-9,12H,4-7H2,1-3H3/t8-,9-/m1/s1. The molecule has 3 heteroatoms. The third-order valence-electron chi connectivity index (χ3n) is 2.54. The van der Waals surface area contributed by atoms with E-state index in [-0.39, 0.29) is 18.5 Å². The molecule has 1 aliphatic rings. The zero-order valence-corrected chi connectivity index (χ0v) is 9.25. The third kappa shape index (κ3) is 3.29. The predicted molar refractivity (Wildman–Crippen MR) is 53.8 cm³/mol. The number of hydrogen-bond acceptors (Lipinski definition) is 3. The average molecular weight is 200 g/mol. The number of hydrogen-bond donors (Lipinski definition) is 1. The highest BCUT2D eigenvalue weighted by atomic mass is 16.6. The van der Waals surface area contributed by atoms with Crippen LogP contribution in [0.3, 0.4) is 0 Å². The summed E-state index contributed by atoms with van der Waals surface area (Å²) < 4.78 is 5.29. The molecule has 14 heavy (non-hydrogen) atoms. The van der Waals surface area contributed by atoms with Crippen LogP contribution in [0.4, 0.5) is 0 Å². The van der Waals surface area contributed by atoms with Crippen molar-refractivity contribution in [2.75, 3.05) is 6.61 Å². The number of rotatable bonds is 2. The maximum atomic E-state index is 11.6. The first kappa shape index (κ1) is 11.5. The number of aliphatic hydroxyl groups is 1. The fraction of sp³-hybridized carbons (Fsp3) is 0.909. The molecule has 0 spiro atoms. The van der Waals surface area contributed by atoms with Crippen molar-refractivity contribution >= 4 is 5.97 Å². The number of aliphatic hydroxyl groups excluding tert-OH is 1. The second kappa shape index (κ2) is 4.30. The van der Waals surface area contributed by atoms with Crippen molar-refractivity contribution in [2.45, 2.75) is 45.6 Å². The normalized spacial score (nSPS) is 27.7. The number of carbonyl (C=O) groups is 1. The van der Waals surface area contributed by atoms with Gasteiger partial charge in [-0.2, -0.15) is 0 Å². The third-order valence-corrected chi connectivity index (χ3v) is 2.54. The van der Waals surface area contributed by atoms with Crippen LogP contribution in [-0.4, -0.2) is 23.3 Å². The zero-order valence-electron chi connectivity index (χ0n) is 9.25. The summed E-state index contributed by atoms with van der Waals surface area (Å²) in [7, 11) is 0. The lowest BCUT2D eigenvalue weighted by molar-refractivity contribution is -0.159. The van der Waals surface area contributed by atoms with E-state index >= 15 is 0 Å². The van der Waals surface area contributed by atoms with Crippen molar-refractivity contribution in [1.29, 1.82) is 0 Å². The minimum Gasteiger partial charge on any atom is -0.460 e. The molecule has 1 rings (SSSR count). The molecule has 82 valence electrons. The maximum Gasteiger partial charge on any atom is 0.309 e.